The maximum atomic E-state index is 14.6. The number of hydrogen-bond acceptors (Lipinski definition) is 5. The Balaban J connectivity index is 2.10. The second-order valence-corrected chi connectivity index (χ2v) is 10.1. The van der Waals surface area contributed by atoms with Gasteiger partial charge in [0.2, 0.25) is 5.91 Å². The van der Waals surface area contributed by atoms with Crippen LogP contribution in [0.1, 0.15) is 45.5 Å². The normalized spacial score (nSPS) is 16.9. The summed E-state index contributed by atoms with van der Waals surface area (Å²) in [6.45, 7) is 8.04. The number of carbonyl (C=O) groups is 1. The molecule has 0 aliphatic carbocycles. The number of alkyl halides is 1. The number of carbonyl (C=O) groups excluding carboxylic acids is 1. The van der Waals surface area contributed by atoms with Gasteiger partial charge in [0.15, 0.2) is 0 Å². The van der Waals surface area contributed by atoms with Crippen LogP contribution >= 0.6 is 0 Å². The van der Waals surface area contributed by atoms with E-state index < -0.39 is 17.6 Å². The van der Waals surface area contributed by atoms with Gasteiger partial charge in [-0.3, -0.25) is 4.79 Å². The molecular weight excluding hydrogens is 435 g/mol. The Hall–Kier alpha value is -2.29. The lowest BCUT2D eigenvalue weighted by atomic mass is 9.84. The van der Waals surface area contributed by atoms with Crippen LogP contribution in [0.25, 0.3) is 11.3 Å². The molecule has 2 atom stereocenters. The Labute approximate surface area is 202 Å². The molecule has 1 saturated heterocycles. The average Bonchev–Trinajstić information content (AvgIpc) is 3.22. The summed E-state index contributed by atoms with van der Waals surface area (Å²) in [6.07, 6.45) is 2.68. The van der Waals surface area contributed by atoms with Gasteiger partial charge in [-0.15, -0.1) is 0 Å². The number of halogens is 1. The predicted octanol–water partition coefficient (Wildman–Crippen LogP) is 3.84. The minimum atomic E-state index is -1.34. The Morgan fingerprint density at radius 1 is 1.29 bits per heavy atom. The summed E-state index contributed by atoms with van der Waals surface area (Å²) in [4.78, 5) is 19.8. The molecule has 1 amide bonds. The lowest BCUT2D eigenvalue weighted by Crippen LogP contribution is -2.47. The zero-order chi connectivity index (χ0) is 24.7. The fraction of sp³-hybridized carbons (Fsp3) is 0.615. The number of benzene rings is 1. The average molecular weight is 475 g/mol. The van der Waals surface area contributed by atoms with E-state index in [2.05, 4.69) is 31.5 Å². The molecule has 188 valence electrons. The number of rotatable bonds is 10. The van der Waals surface area contributed by atoms with E-state index in [-0.39, 0.29) is 25.6 Å². The molecule has 7 nitrogen and oxygen atoms in total. The van der Waals surface area contributed by atoms with Gasteiger partial charge in [0.05, 0.1) is 18.3 Å². The van der Waals surface area contributed by atoms with Gasteiger partial charge < -0.3 is 24.7 Å². The third-order valence-electron chi connectivity index (χ3n) is 6.29. The first kappa shape index (κ1) is 26.3. The van der Waals surface area contributed by atoms with E-state index in [0.29, 0.717) is 5.92 Å². The van der Waals surface area contributed by atoms with Gasteiger partial charge in [-0.05, 0) is 24.2 Å². The molecule has 1 aromatic heterocycles. The first-order valence-corrected chi connectivity index (χ1v) is 12.1. The van der Waals surface area contributed by atoms with Crippen LogP contribution < -0.4 is 5.73 Å². The molecule has 1 aliphatic rings. The SMILES string of the molecule is COCC(=O)N(CC(F)CN)[C@@H](c1nc(-c2ccccc2)cn1CC1CCOCC1)C(C)(C)C. The zero-order valence-corrected chi connectivity index (χ0v) is 20.9. The number of nitrogens with zero attached hydrogens (tertiary/aromatic N) is 3. The molecule has 2 N–H and O–H groups in total. The van der Waals surface area contributed by atoms with Gasteiger partial charge in [-0.1, -0.05) is 51.1 Å². The molecular formula is C26H39FN4O3. The van der Waals surface area contributed by atoms with Crippen LogP contribution in [0.4, 0.5) is 4.39 Å². The van der Waals surface area contributed by atoms with Crippen molar-refractivity contribution in [2.24, 2.45) is 17.1 Å². The summed E-state index contributed by atoms with van der Waals surface area (Å²) >= 11 is 0. The predicted molar refractivity (Wildman–Crippen MR) is 131 cm³/mol. The fourth-order valence-corrected chi connectivity index (χ4v) is 4.59. The van der Waals surface area contributed by atoms with E-state index in [9.17, 15) is 9.18 Å². The van der Waals surface area contributed by atoms with Crippen LogP contribution in [0.3, 0.4) is 0 Å². The molecule has 0 saturated carbocycles. The smallest absolute Gasteiger partial charge is 0.249 e. The maximum Gasteiger partial charge on any atom is 0.249 e. The van der Waals surface area contributed by atoms with Crippen molar-refractivity contribution in [1.82, 2.24) is 14.5 Å². The summed E-state index contributed by atoms with van der Waals surface area (Å²) < 4.78 is 27.4. The van der Waals surface area contributed by atoms with Crippen LogP contribution in [-0.2, 0) is 20.8 Å². The van der Waals surface area contributed by atoms with Gasteiger partial charge >= 0.3 is 0 Å². The van der Waals surface area contributed by atoms with Gasteiger partial charge in [0, 0.05) is 45.2 Å². The number of nitrogens with two attached hydrogens (primary N) is 1. The van der Waals surface area contributed by atoms with Gasteiger partial charge in [-0.2, -0.15) is 0 Å². The van der Waals surface area contributed by atoms with Crippen LogP contribution in [0, 0.1) is 11.3 Å². The number of methoxy groups -OCH3 is 1. The summed E-state index contributed by atoms with van der Waals surface area (Å²) in [7, 11) is 1.47. The van der Waals surface area contributed by atoms with E-state index >= 15 is 0 Å². The van der Waals surface area contributed by atoms with Crippen LogP contribution in [0.15, 0.2) is 36.5 Å². The van der Waals surface area contributed by atoms with Gasteiger partial charge in [0.1, 0.15) is 18.6 Å². The summed E-state index contributed by atoms with van der Waals surface area (Å²) in [5.74, 6) is 0.930. The van der Waals surface area contributed by atoms with Crippen molar-refractivity contribution in [3.8, 4) is 11.3 Å². The van der Waals surface area contributed by atoms with Gasteiger partial charge in [-0.25, -0.2) is 9.37 Å². The standard InChI is InChI=1S/C26H39FN4O3/c1-26(2,3)24(31(16-21(27)14-28)23(32)18-33-4)25-29-22(20-8-6-5-7-9-20)17-30(25)15-19-10-12-34-13-11-19/h5-9,17,19,21,24H,10-16,18,28H2,1-4H3/t21?,24-/m0/s1. The van der Waals surface area contributed by atoms with E-state index in [0.717, 1.165) is 49.7 Å². The molecule has 1 aliphatic heterocycles. The topological polar surface area (TPSA) is 82.6 Å². The molecule has 0 bridgehead atoms. The molecule has 1 aromatic carbocycles. The zero-order valence-electron chi connectivity index (χ0n) is 20.9. The lowest BCUT2D eigenvalue weighted by molar-refractivity contribution is -0.141. The third kappa shape index (κ3) is 6.64. The highest BCUT2D eigenvalue weighted by Gasteiger charge is 2.39. The van der Waals surface area contributed by atoms with Crippen LogP contribution in [-0.4, -0.2) is 66.5 Å². The van der Waals surface area contributed by atoms with E-state index in [4.69, 9.17) is 20.2 Å². The van der Waals surface area contributed by atoms with Crippen LogP contribution in [0.2, 0.25) is 0 Å². The molecule has 1 unspecified atom stereocenters. The highest BCUT2D eigenvalue weighted by molar-refractivity contribution is 5.78. The Kier molecular flexibility index (Phi) is 9.22. The molecule has 2 aromatic rings. The number of ether oxygens (including phenoxy) is 2. The van der Waals surface area contributed by atoms with Crippen molar-refractivity contribution in [3.63, 3.8) is 0 Å². The van der Waals surface area contributed by atoms with Crippen molar-refractivity contribution >= 4 is 5.91 Å². The molecule has 2 heterocycles. The maximum absolute atomic E-state index is 14.6. The first-order chi connectivity index (χ1) is 16.2. The molecule has 3 rings (SSSR count). The second kappa shape index (κ2) is 11.9. The fourth-order valence-electron chi connectivity index (χ4n) is 4.59. The monoisotopic (exact) mass is 474 g/mol. The molecule has 34 heavy (non-hydrogen) atoms. The van der Waals surface area contributed by atoms with E-state index in [1.807, 2.05) is 30.3 Å². The van der Waals surface area contributed by atoms with Crippen molar-refractivity contribution in [1.29, 1.82) is 0 Å². The minimum absolute atomic E-state index is 0.106. The number of aromatic nitrogens is 2. The quantitative estimate of drug-likeness (QED) is 0.566. The molecule has 1 fully saturated rings. The Bertz CT molecular complexity index is 907. The van der Waals surface area contributed by atoms with Crippen molar-refractivity contribution in [2.75, 3.05) is 40.0 Å². The molecule has 0 spiro atoms. The summed E-state index contributed by atoms with van der Waals surface area (Å²) in [5.41, 5.74) is 7.03. The molecule has 0 radical (unpaired) electrons. The largest absolute Gasteiger partial charge is 0.381 e. The highest BCUT2D eigenvalue weighted by Crippen LogP contribution is 2.39. The summed E-state index contributed by atoms with van der Waals surface area (Å²) in [5, 5.41) is 0. The number of amides is 1. The molecule has 8 heteroatoms. The minimum Gasteiger partial charge on any atom is -0.381 e. The van der Waals surface area contributed by atoms with E-state index in [1.165, 1.54) is 7.11 Å². The van der Waals surface area contributed by atoms with Crippen molar-refractivity contribution in [3.05, 3.63) is 42.4 Å². The number of hydrogen-bond donors (Lipinski definition) is 1. The number of imidazole rings is 1. The Morgan fingerprint density at radius 3 is 2.56 bits per heavy atom. The lowest BCUT2D eigenvalue weighted by Gasteiger charge is -2.40. The van der Waals surface area contributed by atoms with Crippen molar-refractivity contribution < 1.29 is 18.7 Å². The van der Waals surface area contributed by atoms with Crippen molar-refractivity contribution in [2.45, 2.75) is 52.4 Å². The highest BCUT2D eigenvalue weighted by atomic mass is 19.1. The van der Waals surface area contributed by atoms with Gasteiger partial charge in [0.25, 0.3) is 0 Å². The van der Waals surface area contributed by atoms with Crippen LogP contribution in [0.5, 0.6) is 0 Å². The first-order valence-electron chi connectivity index (χ1n) is 12.1. The third-order valence-corrected chi connectivity index (χ3v) is 6.29. The van der Waals surface area contributed by atoms with E-state index in [1.54, 1.807) is 4.90 Å². The second-order valence-electron chi connectivity index (χ2n) is 10.1. The Morgan fingerprint density at radius 2 is 1.97 bits per heavy atom. The summed E-state index contributed by atoms with van der Waals surface area (Å²) in [6, 6.07) is 9.53.